The van der Waals surface area contributed by atoms with Gasteiger partial charge in [-0.05, 0) is 19.1 Å². The monoisotopic (exact) mass is 414 g/mol. The van der Waals surface area contributed by atoms with E-state index in [2.05, 4.69) is 4.98 Å². The van der Waals surface area contributed by atoms with Crippen molar-refractivity contribution in [3.63, 3.8) is 0 Å². The first-order valence-electron chi connectivity index (χ1n) is 9.87. The minimum atomic E-state index is -0.725. The van der Waals surface area contributed by atoms with Gasteiger partial charge in [0.1, 0.15) is 36.3 Å². The first kappa shape index (κ1) is 18.8. The summed E-state index contributed by atoms with van der Waals surface area (Å²) in [6, 6.07) is 3.90. The molecule has 4 heterocycles. The van der Waals surface area contributed by atoms with Gasteiger partial charge in [0, 0.05) is 24.0 Å². The zero-order chi connectivity index (χ0) is 21.0. The molecular weight excluding hydrogens is 394 g/mol. The van der Waals surface area contributed by atoms with Crippen LogP contribution in [0, 0.1) is 5.82 Å². The summed E-state index contributed by atoms with van der Waals surface area (Å²) in [5, 5.41) is 0.603. The molecule has 0 aliphatic carbocycles. The number of amides is 2. The molecule has 3 aliphatic heterocycles. The van der Waals surface area contributed by atoms with E-state index >= 15 is 0 Å². The second kappa shape index (κ2) is 6.93. The van der Waals surface area contributed by atoms with E-state index in [4.69, 9.17) is 4.74 Å². The molecular formula is C21H20F2N4O3. The van der Waals surface area contributed by atoms with Gasteiger partial charge in [0.05, 0.1) is 18.8 Å². The standard InChI is InChI=1S/C21H20F2N4O3/c1-12-10-27-15(11-26(12)16(28)6-3-7-22)21(29)25-8-9-30-20-19(25)18(27)13-4-2-5-14(23)17(13)24-20/h2-6,12,15H,7-11H2,1H3/b6-3+. The first-order valence-corrected chi connectivity index (χ1v) is 9.87. The van der Waals surface area contributed by atoms with Crippen molar-refractivity contribution in [1.29, 1.82) is 0 Å². The van der Waals surface area contributed by atoms with E-state index in [-0.39, 0.29) is 42.4 Å². The number of anilines is 2. The van der Waals surface area contributed by atoms with E-state index < -0.39 is 18.5 Å². The molecule has 1 aromatic carbocycles. The summed E-state index contributed by atoms with van der Waals surface area (Å²) in [5.41, 5.74) is 1.46. The maximum atomic E-state index is 14.5. The Bertz CT molecular complexity index is 1090. The number of rotatable bonds is 2. The molecule has 2 aromatic rings. The maximum Gasteiger partial charge on any atom is 0.251 e. The predicted molar refractivity (Wildman–Crippen MR) is 107 cm³/mol. The summed E-state index contributed by atoms with van der Waals surface area (Å²) in [4.78, 5) is 35.4. The number of pyridine rings is 1. The number of halogens is 2. The van der Waals surface area contributed by atoms with E-state index in [1.54, 1.807) is 21.9 Å². The van der Waals surface area contributed by atoms with Gasteiger partial charge < -0.3 is 19.4 Å². The van der Waals surface area contributed by atoms with Crippen molar-refractivity contribution in [2.75, 3.05) is 42.7 Å². The number of aromatic nitrogens is 1. The van der Waals surface area contributed by atoms with Crippen molar-refractivity contribution < 1.29 is 23.1 Å². The van der Waals surface area contributed by atoms with Crippen molar-refractivity contribution >= 4 is 34.1 Å². The fourth-order valence-corrected chi connectivity index (χ4v) is 4.57. The SMILES string of the molecule is CC1CN2c3c4c(nc5c(F)cccc35)OCCN4C(=O)C2CN1C(=O)/C=C/CF. The van der Waals surface area contributed by atoms with Crippen molar-refractivity contribution in [3.8, 4) is 5.88 Å². The number of alkyl halides is 1. The molecule has 30 heavy (non-hydrogen) atoms. The van der Waals surface area contributed by atoms with Crippen LogP contribution in [0.1, 0.15) is 6.92 Å². The Morgan fingerprint density at radius 1 is 1.33 bits per heavy atom. The van der Waals surface area contributed by atoms with Gasteiger partial charge in [-0.3, -0.25) is 9.59 Å². The number of fused-ring (bicyclic) bond motifs is 4. The van der Waals surface area contributed by atoms with Crippen molar-refractivity contribution in [3.05, 3.63) is 36.2 Å². The lowest BCUT2D eigenvalue weighted by atomic mass is 9.97. The van der Waals surface area contributed by atoms with Crippen LogP contribution in [-0.2, 0) is 9.59 Å². The third-order valence-electron chi connectivity index (χ3n) is 5.92. The highest BCUT2D eigenvalue weighted by atomic mass is 19.1. The molecule has 1 saturated heterocycles. The Hall–Kier alpha value is -3.23. The lowest BCUT2D eigenvalue weighted by Gasteiger charge is -2.51. The van der Waals surface area contributed by atoms with Gasteiger partial charge in [-0.15, -0.1) is 0 Å². The zero-order valence-corrected chi connectivity index (χ0v) is 16.3. The molecule has 9 heteroatoms. The zero-order valence-electron chi connectivity index (χ0n) is 16.3. The van der Waals surface area contributed by atoms with Crippen LogP contribution in [0.2, 0.25) is 0 Å². The molecule has 0 saturated carbocycles. The lowest BCUT2D eigenvalue weighted by Crippen LogP contribution is -2.66. The molecule has 0 N–H and O–H groups in total. The third-order valence-corrected chi connectivity index (χ3v) is 5.92. The van der Waals surface area contributed by atoms with Crippen molar-refractivity contribution in [2.45, 2.75) is 19.0 Å². The largest absolute Gasteiger partial charge is 0.474 e. The molecule has 0 radical (unpaired) electrons. The molecule has 1 fully saturated rings. The number of allylic oxidation sites excluding steroid dienone is 1. The summed E-state index contributed by atoms with van der Waals surface area (Å²) in [7, 11) is 0. The Kier molecular flexibility index (Phi) is 4.34. The summed E-state index contributed by atoms with van der Waals surface area (Å²) in [6.45, 7) is 2.31. The predicted octanol–water partition coefficient (Wildman–Crippen LogP) is 2.04. The second-order valence-electron chi connectivity index (χ2n) is 7.65. The minimum absolute atomic E-state index is 0.149. The number of benzene rings is 1. The quantitative estimate of drug-likeness (QED) is 0.704. The topological polar surface area (TPSA) is 66.0 Å². The number of hydrogen-bond donors (Lipinski definition) is 0. The number of ether oxygens (including phenoxy) is 1. The normalized spacial score (nSPS) is 22.9. The minimum Gasteiger partial charge on any atom is -0.474 e. The smallest absolute Gasteiger partial charge is 0.251 e. The first-order chi connectivity index (χ1) is 14.5. The van der Waals surface area contributed by atoms with Crippen LogP contribution < -0.4 is 14.5 Å². The van der Waals surface area contributed by atoms with Gasteiger partial charge in [0.2, 0.25) is 11.8 Å². The highest BCUT2D eigenvalue weighted by Crippen LogP contribution is 2.48. The van der Waals surface area contributed by atoms with Crippen LogP contribution in [0.5, 0.6) is 5.88 Å². The van der Waals surface area contributed by atoms with E-state index in [1.807, 2.05) is 11.8 Å². The Labute approximate surface area is 171 Å². The summed E-state index contributed by atoms with van der Waals surface area (Å²) < 4.78 is 32.7. The van der Waals surface area contributed by atoms with Gasteiger partial charge in [-0.1, -0.05) is 12.1 Å². The summed E-state index contributed by atoms with van der Waals surface area (Å²) in [5.74, 6) is -0.688. The fourth-order valence-electron chi connectivity index (χ4n) is 4.57. The van der Waals surface area contributed by atoms with E-state index in [1.165, 1.54) is 12.1 Å². The Morgan fingerprint density at radius 2 is 2.17 bits per heavy atom. The van der Waals surface area contributed by atoms with Gasteiger partial charge in [0.25, 0.3) is 5.91 Å². The molecule has 156 valence electrons. The average molecular weight is 414 g/mol. The number of piperazine rings is 1. The molecule has 0 spiro atoms. The number of nitrogens with zero attached hydrogens (tertiary/aromatic N) is 4. The number of carbonyl (C=O) groups is 2. The number of hydrogen-bond acceptors (Lipinski definition) is 5. The Morgan fingerprint density at radius 3 is 2.97 bits per heavy atom. The van der Waals surface area contributed by atoms with Crippen LogP contribution in [-0.4, -0.2) is 66.7 Å². The van der Waals surface area contributed by atoms with Gasteiger partial charge >= 0.3 is 0 Å². The molecule has 2 atom stereocenters. The Balaban J connectivity index is 1.66. The average Bonchev–Trinajstić information content (AvgIpc) is 2.75. The molecule has 7 nitrogen and oxygen atoms in total. The molecule has 1 aromatic heterocycles. The van der Waals surface area contributed by atoms with Crippen molar-refractivity contribution in [2.24, 2.45) is 0 Å². The van der Waals surface area contributed by atoms with Gasteiger partial charge in [-0.25, -0.2) is 13.8 Å². The summed E-state index contributed by atoms with van der Waals surface area (Å²) >= 11 is 0. The van der Waals surface area contributed by atoms with E-state index in [0.29, 0.717) is 29.9 Å². The number of para-hydroxylation sites is 1. The van der Waals surface area contributed by atoms with Crippen molar-refractivity contribution in [1.82, 2.24) is 9.88 Å². The van der Waals surface area contributed by atoms with Crippen LogP contribution in [0.15, 0.2) is 30.4 Å². The molecule has 5 rings (SSSR count). The van der Waals surface area contributed by atoms with E-state index in [9.17, 15) is 18.4 Å². The summed E-state index contributed by atoms with van der Waals surface area (Å²) in [6.07, 6.45) is 2.37. The van der Waals surface area contributed by atoms with Gasteiger partial charge in [-0.2, -0.15) is 0 Å². The van der Waals surface area contributed by atoms with E-state index in [0.717, 1.165) is 6.08 Å². The maximum absolute atomic E-state index is 14.5. The van der Waals surface area contributed by atoms with Crippen LogP contribution >= 0.6 is 0 Å². The highest BCUT2D eigenvalue weighted by molar-refractivity contribution is 6.14. The second-order valence-corrected chi connectivity index (χ2v) is 7.65. The molecule has 3 aliphatic rings. The third kappa shape index (κ3) is 2.64. The van der Waals surface area contributed by atoms with Crippen LogP contribution in [0.4, 0.5) is 20.2 Å². The molecule has 2 amide bonds. The lowest BCUT2D eigenvalue weighted by molar-refractivity contribution is -0.130. The molecule has 2 unspecified atom stereocenters. The molecule has 0 bridgehead atoms. The van der Waals surface area contributed by atoms with Crippen LogP contribution in [0.25, 0.3) is 10.9 Å². The highest BCUT2D eigenvalue weighted by Gasteiger charge is 2.47. The van der Waals surface area contributed by atoms with Crippen LogP contribution in [0.3, 0.4) is 0 Å². The number of carbonyl (C=O) groups excluding carboxylic acids is 2. The fraction of sp³-hybridized carbons (Fsp3) is 0.381. The van der Waals surface area contributed by atoms with Gasteiger partial charge in [0.15, 0.2) is 0 Å².